The topological polar surface area (TPSA) is 29.5 Å². The lowest BCUT2D eigenvalue weighted by molar-refractivity contribution is -0.0256. The first-order chi connectivity index (χ1) is 10.1. The Morgan fingerprint density at radius 3 is 2.52 bits per heavy atom. The van der Waals surface area contributed by atoms with Gasteiger partial charge in [0, 0.05) is 24.7 Å². The number of nitrogens with zero attached hydrogens (tertiary/aromatic N) is 1. The first-order valence-corrected chi connectivity index (χ1v) is 8.15. The molecule has 1 atom stereocenters. The number of morpholine rings is 1. The van der Waals surface area contributed by atoms with E-state index >= 15 is 0 Å². The van der Waals surface area contributed by atoms with Crippen LogP contribution in [0.15, 0.2) is 24.3 Å². The van der Waals surface area contributed by atoms with Crippen LogP contribution in [0.2, 0.25) is 0 Å². The lowest BCUT2D eigenvalue weighted by Gasteiger charge is -2.34. The fourth-order valence-corrected chi connectivity index (χ4v) is 3.14. The molecule has 21 heavy (non-hydrogen) atoms. The Morgan fingerprint density at radius 1 is 1.24 bits per heavy atom. The molecule has 3 rings (SSSR count). The minimum Gasteiger partial charge on any atom is -0.367 e. The van der Waals surface area contributed by atoms with Gasteiger partial charge in [0.1, 0.15) is 6.10 Å². The van der Waals surface area contributed by atoms with Crippen molar-refractivity contribution in [3.05, 3.63) is 35.4 Å². The Bertz CT molecular complexity index is 490. The molecule has 2 fully saturated rings. The van der Waals surface area contributed by atoms with Crippen LogP contribution in [0.1, 0.15) is 54.9 Å². The molecule has 1 unspecified atom stereocenters. The first kappa shape index (κ1) is 14.7. The van der Waals surface area contributed by atoms with Gasteiger partial charge in [0.05, 0.1) is 6.61 Å². The largest absolute Gasteiger partial charge is 0.367 e. The Labute approximate surface area is 127 Å². The number of benzene rings is 1. The van der Waals surface area contributed by atoms with E-state index in [2.05, 4.69) is 30.9 Å². The molecule has 0 N–H and O–H groups in total. The third kappa shape index (κ3) is 3.19. The van der Waals surface area contributed by atoms with Crippen LogP contribution in [-0.4, -0.2) is 42.5 Å². The molecule has 0 aromatic heterocycles. The zero-order valence-electron chi connectivity index (χ0n) is 13.0. The summed E-state index contributed by atoms with van der Waals surface area (Å²) in [6.45, 7) is 6.61. The van der Waals surface area contributed by atoms with Gasteiger partial charge in [-0.25, -0.2) is 0 Å². The summed E-state index contributed by atoms with van der Waals surface area (Å²) in [4.78, 5) is 14.9. The summed E-state index contributed by atoms with van der Waals surface area (Å²) in [6.07, 6.45) is 3.62. The van der Waals surface area contributed by atoms with Gasteiger partial charge >= 0.3 is 0 Å². The van der Waals surface area contributed by atoms with E-state index in [1.54, 1.807) is 0 Å². The maximum Gasteiger partial charge on any atom is 0.192 e. The van der Waals surface area contributed by atoms with Crippen molar-refractivity contribution < 1.29 is 9.53 Å². The third-order valence-corrected chi connectivity index (χ3v) is 4.89. The highest BCUT2D eigenvalue weighted by molar-refractivity contribution is 5.99. The van der Waals surface area contributed by atoms with Gasteiger partial charge in [0.15, 0.2) is 5.78 Å². The van der Waals surface area contributed by atoms with Gasteiger partial charge in [0.2, 0.25) is 0 Å². The van der Waals surface area contributed by atoms with Gasteiger partial charge in [0.25, 0.3) is 0 Å². The van der Waals surface area contributed by atoms with E-state index in [0.717, 1.165) is 18.0 Å². The third-order valence-electron chi connectivity index (χ3n) is 4.89. The van der Waals surface area contributed by atoms with Crippen LogP contribution in [0.4, 0.5) is 0 Å². The van der Waals surface area contributed by atoms with E-state index in [-0.39, 0.29) is 11.9 Å². The molecule has 2 aliphatic rings. The lowest BCUT2D eigenvalue weighted by atomic mass is 9.80. The normalized spacial score (nSPS) is 24.0. The van der Waals surface area contributed by atoms with Crippen LogP contribution in [0.5, 0.6) is 0 Å². The summed E-state index contributed by atoms with van der Waals surface area (Å²) in [7, 11) is 0. The molecule has 1 aliphatic heterocycles. The Balaban J connectivity index is 1.66. The molecule has 0 spiro atoms. The smallest absolute Gasteiger partial charge is 0.192 e. The van der Waals surface area contributed by atoms with Crippen molar-refractivity contribution in [1.82, 2.24) is 4.90 Å². The van der Waals surface area contributed by atoms with Crippen molar-refractivity contribution in [3.63, 3.8) is 0 Å². The SMILES string of the molecule is CC(C)N1CCOC(C(=O)c2ccc(C3CCC3)cc2)C1. The van der Waals surface area contributed by atoms with E-state index in [4.69, 9.17) is 4.74 Å². The molecule has 0 amide bonds. The van der Waals surface area contributed by atoms with Gasteiger partial charge in [-0.15, -0.1) is 0 Å². The zero-order valence-corrected chi connectivity index (χ0v) is 13.0. The molecule has 1 saturated heterocycles. The number of ketones is 1. The average molecular weight is 287 g/mol. The number of hydrogen-bond acceptors (Lipinski definition) is 3. The summed E-state index contributed by atoms with van der Waals surface area (Å²) in [5.41, 5.74) is 2.17. The number of carbonyl (C=O) groups is 1. The average Bonchev–Trinajstić information content (AvgIpc) is 2.46. The molecule has 0 bridgehead atoms. The van der Waals surface area contributed by atoms with Crippen molar-refractivity contribution in [1.29, 1.82) is 0 Å². The van der Waals surface area contributed by atoms with Gasteiger partial charge in [-0.2, -0.15) is 0 Å². The van der Waals surface area contributed by atoms with E-state index in [0.29, 0.717) is 19.2 Å². The molecule has 3 heteroatoms. The van der Waals surface area contributed by atoms with Gasteiger partial charge < -0.3 is 4.74 Å². The maximum absolute atomic E-state index is 12.6. The lowest BCUT2D eigenvalue weighted by Crippen LogP contribution is -2.48. The van der Waals surface area contributed by atoms with Gasteiger partial charge in [-0.05, 0) is 38.2 Å². The second-order valence-corrected chi connectivity index (χ2v) is 6.56. The number of Topliss-reactive ketones (excluding diaryl/α,β-unsaturated/α-hetero) is 1. The van der Waals surface area contributed by atoms with Crippen molar-refractivity contribution in [2.45, 2.75) is 51.2 Å². The molecule has 1 saturated carbocycles. The second kappa shape index (κ2) is 6.29. The predicted molar refractivity (Wildman–Crippen MR) is 83.8 cm³/mol. The molecule has 1 aromatic carbocycles. The summed E-state index contributed by atoms with van der Waals surface area (Å²) in [5, 5.41) is 0. The summed E-state index contributed by atoms with van der Waals surface area (Å²) < 4.78 is 5.69. The standard InChI is InChI=1S/C18H25NO2/c1-13(2)19-10-11-21-17(12-19)18(20)16-8-6-15(7-9-16)14-4-3-5-14/h6-9,13-14,17H,3-5,10-12H2,1-2H3. The number of rotatable bonds is 4. The highest BCUT2D eigenvalue weighted by Crippen LogP contribution is 2.36. The molecule has 1 aromatic rings. The van der Waals surface area contributed by atoms with Crippen LogP contribution in [0.25, 0.3) is 0 Å². The molecule has 114 valence electrons. The van der Waals surface area contributed by atoms with Crippen LogP contribution < -0.4 is 0 Å². The van der Waals surface area contributed by atoms with Crippen molar-refractivity contribution in [2.75, 3.05) is 19.7 Å². The van der Waals surface area contributed by atoms with E-state index in [1.165, 1.54) is 24.8 Å². The quantitative estimate of drug-likeness (QED) is 0.796. The fraction of sp³-hybridized carbons (Fsp3) is 0.611. The van der Waals surface area contributed by atoms with E-state index < -0.39 is 0 Å². The minimum atomic E-state index is -0.310. The zero-order chi connectivity index (χ0) is 14.8. The van der Waals surface area contributed by atoms with E-state index in [1.807, 2.05) is 12.1 Å². The van der Waals surface area contributed by atoms with Crippen molar-refractivity contribution >= 4 is 5.78 Å². The van der Waals surface area contributed by atoms with Crippen LogP contribution in [-0.2, 0) is 4.74 Å². The molecular formula is C18H25NO2. The Morgan fingerprint density at radius 2 is 1.95 bits per heavy atom. The summed E-state index contributed by atoms with van der Waals surface area (Å²) in [5.74, 6) is 0.844. The molecule has 3 nitrogen and oxygen atoms in total. The van der Waals surface area contributed by atoms with Crippen molar-refractivity contribution in [3.8, 4) is 0 Å². The Hall–Kier alpha value is -1.19. The Kier molecular flexibility index (Phi) is 4.41. The van der Waals surface area contributed by atoms with Crippen LogP contribution >= 0.6 is 0 Å². The van der Waals surface area contributed by atoms with Crippen LogP contribution in [0.3, 0.4) is 0 Å². The highest BCUT2D eigenvalue weighted by atomic mass is 16.5. The monoisotopic (exact) mass is 287 g/mol. The first-order valence-electron chi connectivity index (χ1n) is 8.15. The maximum atomic E-state index is 12.6. The minimum absolute atomic E-state index is 0.125. The second-order valence-electron chi connectivity index (χ2n) is 6.56. The van der Waals surface area contributed by atoms with E-state index in [9.17, 15) is 4.79 Å². The molecular weight excluding hydrogens is 262 g/mol. The molecule has 1 aliphatic carbocycles. The van der Waals surface area contributed by atoms with Gasteiger partial charge in [-0.3, -0.25) is 9.69 Å². The number of carbonyl (C=O) groups excluding carboxylic acids is 1. The van der Waals surface area contributed by atoms with Crippen LogP contribution in [0, 0.1) is 0 Å². The fourth-order valence-electron chi connectivity index (χ4n) is 3.14. The predicted octanol–water partition coefficient (Wildman–Crippen LogP) is 3.25. The van der Waals surface area contributed by atoms with Gasteiger partial charge in [-0.1, -0.05) is 30.7 Å². The molecule has 0 radical (unpaired) electrons. The highest BCUT2D eigenvalue weighted by Gasteiger charge is 2.28. The number of ether oxygens (including phenoxy) is 1. The number of hydrogen-bond donors (Lipinski definition) is 0. The van der Waals surface area contributed by atoms with Crippen molar-refractivity contribution in [2.24, 2.45) is 0 Å². The molecule has 1 heterocycles. The summed E-state index contributed by atoms with van der Waals surface area (Å²) in [6, 6.07) is 8.67. The summed E-state index contributed by atoms with van der Waals surface area (Å²) >= 11 is 0.